The smallest absolute Gasteiger partial charge is 0.294 e. The van der Waals surface area contributed by atoms with Gasteiger partial charge >= 0.3 is 0 Å². The van der Waals surface area contributed by atoms with E-state index in [1.54, 1.807) is 0 Å². The Kier molecular flexibility index (Phi) is 6.68. The zero-order valence-electron chi connectivity index (χ0n) is 18.8. The summed E-state index contributed by atoms with van der Waals surface area (Å²) in [4.78, 5) is 29.6. The van der Waals surface area contributed by atoms with E-state index in [1.165, 1.54) is 4.90 Å². The Labute approximate surface area is 183 Å². The largest absolute Gasteiger partial charge is 0.503 e. The molecule has 6 heteroatoms. The van der Waals surface area contributed by atoms with E-state index in [-0.39, 0.29) is 23.7 Å². The van der Waals surface area contributed by atoms with Crippen molar-refractivity contribution in [3.63, 3.8) is 0 Å². The van der Waals surface area contributed by atoms with Gasteiger partial charge in [-0.2, -0.15) is 0 Å². The van der Waals surface area contributed by atoms with Crippen LogP contribution >= 0.6 is 0 Å². The van der Waals surface area contributed by atoms with E-state index in [2.05, 4.69) is 0 Å². The molecule has 1 aliphatic rings. The van der Waals surface area contributed by atoms with Gasteiger partial charge in [-0.05, 0) is 54.8 Å². The van der Waals surface area contributed by atoms with E-state index in [0.29, 0.717) is 18.0 Å². The monoisotopic (exact) mass is 422 g/mol. The molecule has 6 nitrogen and oxygen atoms in total. The number of ketones is 1. The maximum atomic E-state index is 13.1. The lowest BCUT2D eigenvalue weighted by molar-refractivity contribution is -0.118. The molecule has 31 heavy (non-hydrogen) atoms. The third kappa shape index (κ3) is 4.58. The first kappa shape index (κ1) is 22.4. The number of rotatable bonds is 8. The molecule has 1 amide bonds. The van der Waals surface area contributed by atoms with Crippen molar-refractivity contribution in [1.82, 2.24) is 0 Å². The molecule has 1 aliphatic heterocycles. The normalized spacial score (nSPS) is 16.3. The molecule has 164 valence electrons. The molecule has 0 bridgehead atoms. The fourth-order valence-electron chi connectivity index (χ4n) is 3.78. The van der Waals surface area contributed by atoms with E-state index in [0.717, 1.165) is 11.3 Å². The number of aliphatic hydroxyl groups excluding tert-OH is 1. The van der Waals surface area contributed by atoms with Crippen LogP contribution in [0, 0.1) is 5.92 Å². The molecule has 0 radical (unpaired) electrons. The van der Waals surface area contributed by atoms with E-state index in [4.69, 9.17) is 4.74 Å². The Morgan fingerprint density at radius 1 is 1.10 bits per heavy atom. The van der Waals surface area contributed by atoms with Crippen molar-refractivity contribution in [2.24, 2.45) is 5.92 Å². The van der Waals surface area contributed by atoms with Gasteiger partial charge in [0.05, 0.1) is 18.2 Å². The van der Waals surface area contributed by atoms with Gasteiger partial charge in [0, 0.05) is 31.9 Å². The zero-order chi connectivity index (χ0) is 22.7. The highest BCUT2D eigenvalue weighted by Crippen LogP contribution is 2.42. The number of carbonyl (C=O) groups is 2. The van der Waals surface area contributed by atoms with Crippen LogP contribution in [0.1, 0.15) is 38.8 Å². The molecule has 1 N–H and O–H groups in total. The molecule has 0 saturated carbocycles. The van der Waals surface area contributed by atoms with Gasteiger partial charge in [-0.3, -0.25) is 14.5 Å². The van der Waals surface area contributed by atoms with Gasteiger partial charge in [0.25, 0.3) is 5.91 Å². The molecule has 0 saturated heterocycles. The molecule has 0 spiro atoms. The summed E-state index contributed by atoms with van der Waals surface area (Å²) in [5.41, 5.74) is 2.50. The van der Waals surface area contributed by atoms with Crippen LogP contribution in [0.5, 0.6) is 5.75 Å². The maximum Gasteiger partial charge on any atom is 0.294 e. The van der Waals surface area contributed by atoms with Crippen molar-refractivity contribution in [3.8, 4) is 5.75 Å². The van der Waals surface area contributed by atoms with Crippen LogP contribution in [0.4, 0.5) is 11.4 Å². The zero-order valence-corrected chi connectivity index (χ0v) is 18.8. The molecule has 0 fully saturated rings. The van der Waals surface area contributed by atoms with Gasteiger partial charge in [0.1, 0.15) is 5.75 Å². The standard InChI is InChI=1S/C25H30N2O4/c1-6-31-20-13-7-17(8-14-20)23-22(21(28)15-16(2)3)24(29)25(30)27(23)19-11-9-18(10-12-19)26(4)5/h7-14,16,23,29H,6,15H2,1-5H3. The Balaban J connectivity index is 2.08. The number of Topliss-reactive ketones (excluding diaryl/α,β-unsaturated/α-hetero) is 1. The third-order valence-electron chi connectivity index (χ3n) is 5.25. The summed E-state index contributed by atoms with van der Waals surface area (Å²) >= 11 is 0. The number of benzene rings is 2. The Morgan fingerprint density at radius 2 is 1.71 bits per heavy atom. The van der Waals surface area contributed by atoms with Crippen LogP contribution in [-0.4, -0.2) is 37.5 Å². The van der Waals surface area contributed by atoms with E-state index >= 15 is 0 Å². The maximum absolute atomic E-state index is 13.1. The Morgan fingerprint density at radius 3 is 2.23 bits per heavy atom. The van der Waals surface area contributed by atoms with Gasteiger partial charge in [-0.1, -0.05) is 26.0 Å². The van der Waals surface area contributed by atoms with Crippen molar-refractivity contribution in [2.75, 3.05) is 30.5 Å². The summed E-state index contributed by atoms with van der Waals surface area (Å²) in [5.74, 6) is -0.435. The lowest BCUT2D eigenvalue weighted by Crippen LogP contribution is -2.31. The van der Waals surface area contributed by atoms with Crippen LogP contribution in [0.3, 0.4) is 0 Å². The summed E-state index contributed by atoms with van der Waals surface area (Å²) in [7, 11) is 3.88. The molecule has 1 unspecified atom stereocenters. The van der Waals surface area contributed by atoms with E-state index in [1.807, 2.05) is 88.3 Å². The average molecular weight is 423 g/mol. The summed E-state index contributed by atoms with van der Waals surface area (Å²) in [6.45, 7) is 6.34. The van der Waals surface area contributed by atoms with Crippen LogP contribution in [-0.2, 0) is 9.59 Å². The number of anilines is 2. The van der Waals surface area contributed by atoms with Gasteiger partial charge in [0.2, 0.25) is 0 Å². The number of nitrogens with zero attached hydrogens (tertiary/aromatic N) is 2. The predicted octanol–water partition coefficient (Wildman–Crippen LogP) is 4.67. The molecular formula is C25H30N2O4. The quantitative estimate of drug-likeness (QED) is 0.670. The van der Waals surface area contributed by atoms with Crippen LogP contribution in [0.15, 0.2) is 59.9 Å². The summed E-state index contributed by atoms with van der Waals surface area (Å²) in [6.07, 6.45) is 0.258. The van der Waals surface area contributed by atoms with Crippen LogP contribution < -0.4 is 14.5 Å². The fourth-order valence-corrected chi connectivity index (χ4v) is 3.78. The molecule has 0 aliphatic carbocycles. The highest BCUT2D eigenvalue weighted by atomic mass is 16.5. The number of amides is 1. The SMILES string of the molecule is CCOc1ccc(C2C(C(=O)CC(C)C)=C(O)C(=O)N2c2ccc(N(C)C)cc2)cc1. The minimum absolute atomic E-state index is 0.109. The summed E-state index contributed by atoms with van der Waals surface area (Å²) in [6, 6.07) is 14.1. The number of hydrogen-bond acceptors (Lipinski definition) is 5. The lowest BCUT2D eigenvalue weighted by atomic mass is 9.92. The second-order valence-electron chi connectivity index (χ2n) is 8.27. The second-order valence-corrected chi connectivity index (χ2v) is 8.27. The lowest BCUT2D eigenvalue weighted by Gasteiger charge is -2.27. The van der Waals surface area contributed by atoms with E-state index in [9.17, 15) is 14.7 Å². The van der Waals surface area contributed by atoms with Crippen molar-refractivity contribution >= 4 is 23.1 Å². The van der Waals surface area contributed by atoms with Crippen LogP contribution in [0.2, 0.25) is 0 Å². The van der Waals surface area contributed by atoms with Crippen molar-refractivity contribution < 1.29 is 19.4 Å². The highest BCUT2D eigenvalue weighted by Gasteiger charge is 2.44. The van der Waals surface area contributed by atoms with E-state index < -0.39 is 17.7 Å². The molecular weight excluding hydrogens is 392 g/mol. The van der Waals surface area contributed by atoms with Gasteiger partial charge < -0.3 is 14.7 Å². The molecule has 2 aromatic carbocycles. The minimum Gasteiger partial charge on any atom is -0.503 e. The number of ether oxygens (including phenoxy) is 1. The van der Waals surface area contributed by atoms with Crippen molar-refractivity contribution in [1.29, 1.82) is 0 Å². The first-order valence-corrected chi connectivity index (χ1v) is 10.5. The summed E-state index contributed by atoms with van der Waals surface area (Å²) < 4.78 is 5.53. The minimum atomic E-state index is -0.695. The first-order chi connectivity index (χ1) is 14.7. The van der Waals surface area contributed by atoms with Crippen molar-refractivity contribution in [2.45, 2.75) is 33.2 Å². The highest BCUT2D eigenvalue weighted by molar-refractivity contribution is 6.16. The molecule has 2 aromatic rings. The Bertz CT molecular complexity index is 976. The fraction of sp³-hybridized carbons (Fsp3) is 0.360. The predicted molar refractivity (Wildman–Crippen MR) is 123 cm³/mol. The summed E-state index contributed by atoms with van der Waals surface area (Å²) in [5, 5.41) is 10.7. The van der Waals surface area contributed by atoms with Crippen LogP contribution in [0.25, 0.3) is 0 Å². The van der Waals surface area contributed by atoms with Gasteiger partial charge in [-0.15, -0.1) is 0 Å². The Hall–Kier alpha value is -3.28. The van der Waals surface area contributed by atoms with Crippen molar-refractivity contribution in [3.05, 3.63) is 65.4 Å². The topological polar surface area (TPSA) is 70.1 Å². The van der Waals surface area contributed by atoms with Gasteiger partial charge in [0.15, 0.2) is 11.5 Å². The number of aliphatic hydroxyl groups is 1. The third-order valence-corrected chi connectivity index (χ3v) is 5.25. The molecule has 1 heterocycles. The average Bonchev–Trinajstić information content (AvgIpc) is 2.99. The molecule has 0 aromatic heterocycles. The number of hydrogen-bond donors (Lipinski definition) is 1. The van der Waals surface area contributed by atoms with Gasteiger partial charge in [-0.25, -0.2) is 0 Å². The molecule has 3 rings (SSSR count). The molecule has 1 atom stereocenters. The first-order valence-electron chi connectivity index (χ1n) is 10.5. The second kappa shape index (κ2) is 9.25. The number of carbonyl (C=O) groups excluding carboxylic acids is 2.